The maximum absolute atomic E-state index is 13.2. The van der Waals surface area contributed by atoms with Crippen molar-refractivity contribution in [3.8, 4) is 17.1 Å². The van der Waals surface area contributed by atoms with Crippen LogP contribution >= 0.6 is 0 Å². The van der Waals surface area contributed by atoms with Crippen LogP contribution in [0.3, 0.4) is 0 Å². The lowest BCUT2D eigenvalue weighted by atomic mass is 10.1. The lowest BCUT2D eigenvalue weighted by molar-refractivity contribution is -0.148. The number of benzene rings is 1. The molecule has 3 aromatic heterocycles. The number of hydrogen-bond donors (Lipinski definition) is 0. The molecule has 0 unspecified atom stereocenters. The number of halogens is 3. The standard InChI is InChI=1S/C25H24F3N7O2/c1-3-34-21(16-8-6-5-7-9-16)17(20-22(34)29-15-30-23(20)37-4-2)10-11-19(36)33-12-13-35-18(14-33)31-32-24(35)25(26,27)28/h5-11,15H,3-4,12-14H2,1-2H3/b11-10+. The van der Waals surface area contributed by atoms with Crippen molar-refractivity contribution in [2.45, 2.75) is 39.7 Å². The van der Waals surface area contributed by atoms with Gasteiger partial charge < -0.3 is 18.8 Å². The minimum absolute atomic E-state index is 0.0382. The van der Waals surface area contributed by atoms with Crippen molar-refractivity contribution in [1.29, 1.82) is 0 Å². The van der Waals surface area contributed by atoms with Crippen molar-refractivity contribution >= 4 is 23.0 Å². The highest BCUT2D eigenvalue weighted by atomic mass is 19.4. The zero-order chi connectivity index (χ0) is 26.2. The lowest BCUT2D eigenvalue weighted by Crippen LogP contribution is -2.38. The average molecular weight is 512 g/mol. The summed E-state index contributed by atoms with van der Waals surface area (Å²) in [6.45, 7) is 4.89. The first-order valence-electron chi connectivity index (χ1n) is 11.8. The van der Waals surface area contributed by atoms with Crippen LogP contribution in [0, 0.1) is 0 Å². The van der Waals surface area contributed by atoms with E-state index in [2.05, 4.69) is 20.2 Å². The van der Waals surface area contributed by atoms with E-state index < -0.39 is 12.0 Å². The Morgan fingerprint density at radius 3 is 2.59 bits per heavy atom. The number of carbonyl (C=O) groups is 1. The van der Waals surface area contributed by atoms with E-state index in [4.69, 9.17) is 4.74 Å². The SMILES string of the molecule is CCOc1ncnc2c1c(/C=C/C(=O)N1CCn3c(nnc3C(F)(F)F)C1)c(-c1ccccc1)n2CC. The van der Waals surface area contributed by atoms with Crippen LogP contribution in [0.2, 0.25) is 0 Å². The van der Waals surface area contributed by atoms with E-state index in [9.17, 15) is 18.0 Å². The first kappa shape index (κ1) is 24.5. The van der Waals surface area contributed by atoms with E-state index in [1.807, 2.05) is 48.7 Å². The Kier molecular flexibility index (Phi) is 6.40. The molecule has 0 N–H and O–H groups in total. The van der Waals surface area contributed by atoms with E-state index in [1.165, 1.54) is 17.3 Å². The molecule has 0 bridgehead atoms. The van der Waals surface area contributed by atoms with Gasteiger partial charge in [0.1, 0.15) is 12.0 Å². The van der Waals surface area contributed by atoms with Gasteiger partial charge in [-0.05, 0) is 25.5 Å². The molecule has 0 radical (unpaired) electrons. The van der Waals surface area contributed by atoms with Crippen LogP contribution in [0.25, 0.3) is 28.4 Å². The summed E-state index contributed by atoms with van der Waals surface area (Å²) >= 11 is 0. The third-order valence-electron chi connectivity index (χ3n) is 6.20. The number of rotatable bonds is 6. The van der Waals surface area contributed by atoms with Gasteiger partial charge in [-0.25, -0.2) is 9.97 Å². The zero-order valence-corrected chi connectivity index (χ0v) is 20.2. The van der Waals surface area contributed by atoms with Gasteiger partial charge in [-0.15, -0.1) is 10.2 Å². The summed E-state index contributed by atoms with van der Waals surface area (Å²) in [5.74, 6) is -0.892. The smallest absolute Gasteiger partial charge is 0.451 e. The summed E-state index contributed by atoms with van der Waals surface area (Å²) in [5, 5.41) is 7.61. The van der Waals surface area contributed by atoms with E-state index in [-0.39, 0.29) is 31.4 Å². The van der Waals surface area contributed by atoms with Crippen LogP contribution in [-0.2, 0) is 30.6 Å². The quantitative estimate of drug-likeness (QED) is 0.361. The first-order chi connectivity index (χ1) is 17.8. The molecule has 0 spiro atoms. The summed E-state index contributed by atoms with van der Waals surface area (Å²) < 4.78 is 48.3. The number of alkyl halides is 3. The highest BCUT2D eigenvalue weighted by Gasteiger charge is 2.39. The maximum atomic E-state index is 13.2. The van der Waals surface area contributed by atoms with Crippen molar-refractivity contribution in [2.75, 3.05) is 13.2 Å². The van der Waals surface area contributed by atoms with Crippen LogP contribution in [-0.4, -0.2) is 53.3 Å². The van der Waals surface area contributed by atoms with Crippen LogP contribution in [0.5, 0.6) is 5.88 Å². The highest BCUT2D eigenvalue weighted by Crippen LogP contribution is 2.38. The number of nitrogens with zero attached hydrogens (tertiary/aromatic N) is 7. The Morgan fingerprint density at radius 1 is 1.11 bits per heavy atom. The number of carbonyl (C=O) groups excluding carboxylic acids is 1. The molecular formula is C25H24F3N7O2. The molecule has 1 aliphatic rings. The number of aryl methyl sites for hydroxylation is 1. The molecule has 0 atom stereocenters. The van der Waals surface area contributed by atoms with Crippen molar-refractivity contribution < 1.29 is 22.7 Å². The number of aromatic nitrogens is 6. The van der Waals surface area contributed by atoms with Gasteiger partial charge in [-0.3, -0.25) is 4.79 Å². The van der Waals surface area contributed by atoms with Crippen LogP contribution in [0.1, 0.15) is 31.1 Å². The van der Waals surface area contributed by atoms with Crippen LogP contribution < -0.4 is 4.74 Å². The fourth-order valence-electron chi connectivity index (χ4n) is 4.61. The largest absolute Gasteiger partial charge is 0.477 e. The molecule has 4 aromatic rings. The normalized spacial score (nSPS) is 13.9. The van der Waals surface area contributed by atoms with Crippen LogP contribution in [0.15, 0.2) is 42.7 Å². The van der Waals surface area contributed by atoms with Gasteiger partial charge in [0.2, 0.25) is 17.6 Å². The van der Waals surface area contributed by atoms with Gasteiger partial charge in [-0.2, -0.15) is 13.2 Å². The van der Waals surface area contributed by atoms with Gasteiger partial charge in [0.15, 0.2) is 5.82 Å². The molecular weight excluding hydrogens is 487 g/mol. The third-order valence-corrected chi connectivity index (χ3v) is 6.20. The van der Waals surface area contributed by atoms with Crippen molar-refractivity contribution in [2.24, 2.45) is 0 Å². The Balaban J connectivity index is 1.54. The molecule has 5 rings (SSSR count). The molecule has 1 amide bonds. The number of hydrogen-bond acceptors (Lipinski definition) is 6. The molecule has 0 aliphatic carbocycles. The van der Waals surface area contributed by atoms with Gasteiger partial charge in [-0.1, -0.05) is 30.3 Å². The van der Waals surface area contributed by atoms with E-state index in [0.29, 0.717) is 30.1 Å². The predicted molar refractivity (Wildman–Crippen MR) is 129 cm³/mol. The summed E-state index contributed by atoms with van der Waals surface area (Å²) in [4.78, 5) is 23.4. The van der Waals surface area contributed by atoms with Gasteiger partial charge in [0, 0.05) is 31.3 Å². The predicted octanol–water partition coefficient (Wildman–Crippen LogP) is 4.18. The van der Waals surface area contributed by atoms with E-state index in [1.54, 1.807) is 6.08 Å². The Hall–Kier alpha value is -4.22. The van der Waals surface area contributed by atoms with Gasteiger partial charge in [0.25, 0.3) is 0 Å². The summed E-state index contributed by atoms with van der Waals surface area (Å²) in [6, 6.07) is 9.73. The highest BCUT2D eigenvalue weighted by molar-refractivity contribution is 6.02. The molecule has 37 heavy (non-hydrogen) atoms. The maximum Gasteiger partial charge on any atom is 0.451 e. The van der Waals surface area contributed by atoms with E-state index in [0.717, 1.165) is 21.4 Å². The fraction of sp³-hybridized carbons (Fsp3) is 0.320. The first-order valence-corrected chi connectivity index (χ1v) is 11.8. The second-order valence-corrected chi connectivity index (χ2v) is 8.37. The monoisotopic (exact) mass is 511 g/mol. The Labute approximate surface area is 210 Å². The molecule has 0 saturated carbocycles. The molecule has 0 saturated heterocycles. The molecule has 1 aliphatic heterocycles. The van der Waals surface area contributed by atoms with Crippen molar-refractivity contribution in [1.82, 2.24) is 34.2 Å². The average Bonchev–Trinajstić information content (AvgIpc) is 3.47. The van der Waals surface area contributed by atoms with Crippen molar-refractivity contribution in [3.63, 3.8) is 0 Å². The summed E-state index contributed by atoms with van der Waals surface area (Å²) in [5.41, 5.74) is 3.19. The van der Waals surface area contributed by atoms with Crippen LogP contribution in [0.4, 0.5) is 13.2 Å². The van der Waals surface area contributed by atoms with Gasteiger partial charge in [0.05, 0.1) is 24.2 Å². The number of fused-ring (bicyclic) bond motifs is 2. The third kappa shape index (κ3) is 4.43. The molecule has 0 fully saturated rings. The fourth-order valence-corrected chi connectivity index (χ4v) is 4.61. The second kappa shape index (κ2) is 9.68. The molecule has 1 aromatic carbocycles. The minimum Gasteiger partial charge on any atom is -0.477 e. The minimum atomic E-state index is -4.60. The number of amides is 1. The second-order valence-electron chi connectivity index (χ2n) is 8.37. The molecule has 9 nitrogen and oxygen atoms in total. The summed E-state index contributed by atoms with van der Waals surface area (Å²) in [6.07, 6.45) is -0.0306. The summed E-state index contributed by atoms with van der Waals surface area (Å²) in [7, 11) is 0. The van der Waals surface area contributed by atoms with Crippen molar-refractivity contribution in [3.05, 3.63) is 59.9 Å². The number of ether oxygens (including phenoxy) is 1. The molecule has 192 valence electrons. The Bertz CT molecular complexity index is 1480. The Morgan fingerprint density at radius 2 is 1.89 bits per heavy atom. The lowest BCUT2D eigenvalue weighted by Gasteiger charge is -2.27. The molecule has 12 heteroatoms. The topological polar surface area (TPSA) is 91.0 Å². The van der Waals surface area contributed by atoms with E-state index >= 15 is 0 Å². The van der Waals surface area contributed by atoms with Gasteiger partial charge >= 0.3 is 6.18 Å². The molecule has 4 heterocycles. The zero-order valence-electron chi connectivity index (χ0n) is 20.2.